The predicted molar refractivity (Wildman–Crippen MR) is 71.3 cm³/mol. The molecular formula is C10H26Si3. The zero-order valence-electron chi connectivity index (χ0n) is 10.7. The van der Waals surface area contributed by atoms with Crippen molar-refractivity contribution in [3.8, 4) is 0 Å². The van der Waals surface area contributed by atoms with Gasteiger partial charge in [-0.15, -0.1) is 0 Å². The van der Waals surface area contributed by atoms with Crippen LogP contribution in [-0.2, 0) is 0 Å². The van der Waals surface area contributed by atoms with Gasteiger partial charge in [0.15, 0.2) is 0 Å². The van der Waals surface area contributed by atoms with E-state index in [1.165, 1.54) is 9.52 Å². The molecule has 0 unspecified atom stereocenters. The maximum atomic E-state index is 2.55. The first-order valence-electron chi connectivity index (χ1n) is 5.31. The Balaban J connectivity index is 4.58. The molecule has 0 saturated carbocycles. The molecule has 2 radical (unpaired) electrons. The molecule has 0 N–H and O–H groups in total. The summed E-state index contributed by atoms with van der Waals surface area (Å²) in [6.45, 7) is 20.0. The van der Waals surface area contributed by atoms with Gasteiger partial charge in [-0.2, -0.15) is 0 Å². The van der Waals surface area contributed by atoms with Crippen LogP contribution >= 0.6 is 0 Å². The lowest BCUT2D eigenvalue weighted by atomic mass is 10.6. The Morgan fingerprint density at radius 3 is 1.15 bits per heavy atom. The lowest BCUT2D eigenvalue weighted by Crippen LogP contribution is -2.47. The second-order valence-corrected chi connectivity index (χ2v) is 20.9. The minimum atomic E-state index is -0.911. The molecule has 0 bridgehead atoms. The van der Waals surface area contributed by atoms with Crippen LogP contribution in [0, 0.1) is 0 Å². The van der Waals surface area contributed by atoms with Crippen molar-refractivity contribution in [2.24, 2.45) is 0 Å². The molecule has 0 aliphatic carbocycles. The van der Waals surface area contributed by atoms with Gasteiger partial charge >= 0.3 is 0 Å². The molecule has 0 spiro atoms. The van der Waals surface area contributed by atoms with E-state index >= 15 is 0 Å². The van der Waals surface area contributed by atoms with Crippen LogP contribution in [0.5, 0.6) is 0 Å². The van der Waals surface area contributed by atoms with Gasteiger partial charge in [-0.1, -0.05) is 63.5 Å². The summed E-state index contributed by atoms with van der Waals surface area (Å²) >= 11 is 0. The first-order chi connectivity index (χ1) is 5.55. The van der Waals surface area contributed by atoms with Crippen molar-refractivity contribution >= 4 is 25.7 Å². The first kappa shape index (κ1) is 13.7. The Morgan fingerprint density at radius 1 is 0.769 bits per heavy atom. The molecule has 0 heterocycles. The van der Waals surface area contributed by atoms with E-state index in [2.05, 4.69) is 53.1 Å². The van der Waals surface area contributed by atoms with Crippen LogP contribution in [-0.4, -0.2) is 25.7 Å². The van der Waals surface area contributed by atoms with Gasteiger partial charge in [0.2, 0.25) is 0 Å². The van der Waals surface area contributed by atoms with Crippen LogP contribution < -0.4 is 0 Å². The van der Waals surface area contributed by atoms with Crippen molar-refractivity contribution in [3.05, 3.63) is 0 Å². The second-order valence-electron chi connectivity index (χ2n) is 6.49. The Kier molecular flexibility index (Phi) is 4.67. The Bertz CT molecular complexity index is 137. The lowest BCUT2D eigenvalue weighted by molar-refractivity contribution is 1.05. The average Bonchev–Trinajstić information content (AvgIpc) is 1.77. The Hall–Kier alpha value is 0.651. The molecule has 0 nitrogen and oxygen atoms in total. The highest BCUT2D eigenvalue weighted by Crippen LogP contribution is 2.33. The largest absolute Gasteiger partial charge is 0.0698 e. The van der Waals surface area contributed by atoms with E-state index in [1.54, 1.807) is 0 Å². The third-order valence-corrected chi connectivity index (χ3v) is 18.1. The van der Waals surface area contributed by atoms with E-state index in [9.17, 15) is 0 Å². The standard InChI is InChI=1S/C10H26Si3/c1-9(2)11-10(12(3,4)5)13(6,7)8/h9-10H,1-8H3. The molecule has 0 aliphatic rings. The van der Waals surface area contributed by atoms with E-state index in [4.69, 9.17) is 0 Å². The molecule has 78 valence electrons. The minimum Gasteiger partial charge on any atom is -0.0698 e. The van der Waals surface area contributed by atoms with Gasteiger partial charge in [0.05, 0.1) is 0 Å². The third-order valence-electron chi connectivity index (χ3n) is 2.23. The molecule has 0 aliphatic heterocycles. The van der Waals surface area contributed by atoms with Gasteiger partial charge in [-0.3, -0.25) is 0 Å². The van der Waals surface area contributed by atoms with Gasteiger partial charge in [0.25, 0.3) is 0 Å². The molecule has 0 atom stereocenters. The van der Waals surface area contributed by atoms with E-state index in [0.29, 0.717) is 0 Å². The zero-order valence-corrected chi connectivity index (χ0v) is 13.7. The quantitative estimate of drug-likeness (QED) is 0.639. The van der Waals surface area contributed by atoms with Gasteiger partial charge in [-0.05, 0) is 0 Å². The number of hydrogen-bond donors (Lipinski definition) is 0. The van der Waals surface area contributed by atoms with E-state index in [1.807, 2.05) is 0 Å². The van der Waals surface area contributed by atoms with Crippen molar-refractivity contribution in [2.45, 2.75) is 63.5 Å². The number of rotatable bonds is 4. The normalized spacial score (nSPS) is 14.3. The summed E-state index contributed by atoms with van der Waals surface area (Å²) in [5.74, 6) is 0. The molecule has 13 heavy (non-hydrogen) atoms. The van der Waals surface area contributed by atoms with E-state index in [-0.39, 0.29) is 0 Å². The summed E-state index contributed by atoms with van der Waals surface area (Å²) in [4.78, 5) is 1.11. The smallest absolute Gasteiger partial charge is 0.0417 e. The second kappa shape index (κ2) is 4.45. The summed E-state index contributed by atoms with van der Waals surface area (Å²) in [5.41, 5.74) is 0.906. The summed E-state index contributed by atoms with van der Waals surface area (Å²) in [6.07, 6.45) is 0. The van der Waals surface area contributed by atoms with Crippen LogP contribution in [0.25, 0.3) is 0 Å². The molecule has 0 aromatic heterocycles. The van der Waals surface area contributed by atoms with Gasteiger partial charge in [-0.25, -0.2) is 0 Å². The fraction of sp³-hybridized carbons (Fsp3) is 1.00. The molecule has 3 heteroatoms. The van der Waals surface area contributed by atoms with Crippen molar-refractivity contribution in [1.29, 1.82) is 0 Å². The van der Waals surface area contributed by atoms with Crippen molar-refractivity contribution in [1.82, 2.24) is 0 Å². The average molecular weight is 231 g/mol. The maximum Gasteiger partial charge on any atom is 0.0417 e. The van der Waals surface area contributed by atoms with Crippen molar-refractivity contribution < 1.29 is 0 Å². The van der Waals surface area contributed by atoms with Crippen molar-refractivity contribution in [2.75, 3.05) is 0 Å². The molecule has 0 aromatic rings. The van der Waals surface area contributed by atoms with E-state index < -0.39 is 16.1 Å². The first-order valence-corrected chi connectivity index (χ1v) is 13.6. The van der Waals surface area contributed by atoms with Crippen LogP contribution in [0.15, 0.2) is 0 Å². The number of hydrogen-bond acceptors (Lipinski definition) is 0. The predicted octanol–water partition coefficient (Wildman–Crippen LogP) is 4.06. The maximum absolute atomic E-state index is 2.55. The Labute approximate surface area is 89.4 Å². The highest BCUT2D eigenvalue weighted by atomic mass is 28.4. The lowest BCUT2D eigenvalue weighted by Gasteiger charge is -2.39. The van der Waals surface area contributed by atoms with E-state index in [0.717, 1.165) is 10.3 Å². The SMILES string of the molecule is CC(C)[Si]C([Si](C)(C)C)[Si](C)(C)C. The van der Waals surface area contributed by atoms with Crippen molar-refractivity contribution in [3.63, 3.8) is 0 Å². The summed E-state index contributed by atoms with van der Waals surface area (Å²) < 4.78 is 0. The molecule has 0 amide bonds. The highest BCUT2D eigenvalue weighted by Gasteiger charge is 2.37. The monoisotopic (exact) mass is 230 g/mol. The highest BCUT2D eigenvalue weighted by molar-refractivity contribution is 7.04. The fourth-order valence-electron chi connectivity index (χ4n) is 2.13. The molecule has 0 fully saturated rings. The molecule has 0 rings (SSSR count). The van der Waals surface area contributed by atoms with Crippen LogP contribution in [0.1, 0.15) is 13.8 Å². The third kappa shape index (κ3) is 5.18. The van der Waals surface area contributed by atoms with Gasteiger partial charge in [0.1, 0.15) is 0 Å². The van der Waals surface area contributed by atoms with Crippen LogP contribution in [0.4, 0.5) is 0 Å². The molecular weight excluding hydrogens is 204 g/mol. The van der Waals surface area contributed by atoms with Crippen LogP contribution in [0.3, 0.4) is 0 Å². The minimum absolute atomic E-state index is 0.906. The molecule has 0 saturated heterocycles. The fourth-order valence-corrected chi connectivity index (χ4v) is 19.2. The van der Waals surface area contributed by atoms with Gasteiger partial charge in [0, 0.05) is 25.7 Å². The molecule has 0 aromatic carbocycles. The van der Waals surface area contributed by atoms with Crippen LogP contribution in [0.2, 0.25) is 49.6 Å². The van der Waals surface area contributed by atoms with Gasteiger partial charge < -0.3 is 0 Å². The summed E-state index contributed by atoms with van der Waals surface area (Å²) in [7, 11) is -0.616. The summed E-state index contributed by atoms with van der Waals surface area (Å²) in [6, 6.07) is 0. The summed E-state index contributed by atoms with van der Waals surface area (Å²) in [5, 5.41) is 0. The topological polar surface area (TPSA) is 0 Å². The Morgan fingerprint density at radius 2 is 1.08 bits per heavy atom. The zero-order chi connectivity index (χ0) is 10.9.